The van der Waals surface area contributed by atoms with Gasteiger partial charge in [0, 0.05) is 18.7 Å². The lowest BCUT2D eigenvalue weighted by molar-refractivity contribution is -0.117. The number of nitrogens with one attached hydrogen (secondary N) is 1. The number of benzene rings is 1. The monoisotopic (exact) mass is 463 g/mol. The van der Waals surface area contributed by atoms with E-state index in [2.05, 4.69) is 15.4 Å². The first-order chi connectivity index (χ1) is 15.6. The summed E-state index contributed by atoms with van der Waals surface area (Å²) in [6.07, 6.45) is -0.273. The molecule has 2 N–H and O–H groups in total. The molecule has 0 saturated carbocycles. The van der Waals surface area contributed by atoms with Gasteiger partial charge in [-0.1, -0.05) is 18.2 Å². The number of halogens is 3. The van der Waals surface area contributed by atoms with Gasteiger partial charge in [0.05, 0.1) is 35.4 Å². The minimum atomic E-state index is -2.95. The molecule has 0 spiro atoms. The van der Waals surface area contributed by atoms with Crippen molar-refractivity contribution in [2.45, 2.75) is 57.7 Å². The van der Waals surface area contributed by atoms with Crippen LogP contribution in [0.3, 0.4) is 0 Å². The third-order valence-corrected chi connectivity index (χ3v) is 6.00. The van der Waals surface area contributed by atoms with E-state index in [1.165, 1.54) is 12.1 Å². The molecule has 3 aliphatic rings. The van der Waals surface area contributed by atoms with E-state index in [1.807, 2.05) is 18.7 Å². The van der Waals surface area contributed by atoms with E-state index in [-0.39, 0.29) is 11.1 Å². The van der Waals surface area contributed by atoms with E-state index in [0.29, 0.717) is 37.7 Å². The van der Waals surface area contributed by atoms with Gasteiger partial charge in [0.15, 0.2) is 5.84 Å². The van der Waals surface area contributed by atoms with Gasteiger partial charge in [-0.25, -0.2) is 18.2 Å². The van der Waals surface area contributed by atoms with Crippen molar-refractivity contribution in [1.82, 2.24) is 15.2 Å². The molecule has 0 unspecified atom stereocenters. The number of amides is 1. The molecule has 1 saturated heterocycles. The summed E-state index contributed by atoms with van der Waals surface area (Å²) in [6, 6.07) is 2.91. The summed E-state index contributed by atoms with van der Waals surface area (Å²) < 4.78 is 40.8. The van der Waals surface area contributed by atoms with Crippen LogP contribution in [0.5, 0.6) is 0 Å². The van der Waals surface area contributed by atoms with Crippen LogP contribution in [-0.4, -0.2) is 63.9 Å². The number of alkyl halides is 2. The molecule has 1 aromatic rings. The summed E-state index contributed by atoms with van der Waals surface area (Å²) >= 11 is 0. The van der Waals surface area contributed by atoms with Crippen molar-refractivity contribution in [3.8, 4) is 0 Å². The van der Waals surface area contributed by atoms with Crippen molar-refractivity contribution in [3.05, 3.63) is 46.8 Å². The van der Waals surface area contributed by atoms with Gasteiger partial charge in [0.2, 0.25) is 0 Å². The highest BCUT2D eigenvalue weighted by molar-refractivity contribution is 6.25. The van der Waals surface area contributed by atoms with Crippen LogP contribution in [-0.2, 0) is 4.79 Å². The van der Waals surface area contributed by atoms with Gasteiger partial charge in [-0.2, -0.15) is 5.10 Å². The fourth-order valence-electron chi connectivity index (χ4n) is 4.36. The molecule has 1 amide bonds. The summed E-state index contributed by atoms with van der Waals surface area (Å²) in [5.41, 5.74) is -0.908. The van der Waals surface area contributed by atoms with E-state index in [4.69, 9.17) is 0 Å². The SMILES string of the molecule is C[C@@H](NC(=O)C1=CC(N2CCC[C@H](O)C2)=NN2CC(C)(C)N=C12)c1cccc(C(F)F)c1F. The molecule has 3 aliphatic heterocycles. The predicted octanol–water partition coefficient (Wildman–Crippen LogP) is 3.14. The highest BCUT2D eigenvalue weighted by atomic mass is 19.3. The highest BCUT2D eigenvalue weighted by Crippen LogP contribution is 2.30. The quantitative estimate of drug-likeness (QED) is 0.719. The second-order valence-corrected chi connectivity index (χ2v) is 9.31. The normalized spacial score (nSPS) is 23.0. The molecule has 10 heteroatoms. The number of hydrazone groups is 1. The minimum absolute atomic E-state index is 0.0175. The summed E-state index contributed by atoms with van der Waals surface area (Å²) in [5, 5.41) is 19.1. The number of fused-ring (bicyclic) bond motifs is 1. The summed E-state index contributed by atoms with van der Waals surface area (Å²) in [5.74, 6) is -0.568. The van der Waals surface area contributed by atoms with Crippen LogP contribution in [0.1, 0.15) is 57.2 Å². The van der Waals surface area contributed by atoms with Crippen LogP contribution in [0, 0.1) is 5.82 Å². The number of aliphatic imine (C=N–C) groups is 1. The third-order valence-electron chi connectivity index (χ3n) is 6.00. The number of aliphatic hydroxyl groups excluding tert-OH is 1. The second-order valence-electron chi connectivity index (χ2n) is 9.31. The first-order valence-corrected chi connectivity index (χ1v) is 11.0. The number of piperidine rings is 1. The van der Waals surface area contributed by atoms with Gasteiger partial charge in [-0.05, 0) is 39.7 Å². The van der Waals surface area contributed by atoms with Crippen LogP contribution < -0.4 is 5.32 Å². The van der Waals surface area contributed by atoms with E-state index in [0.717, 1.165) is 12.5 Å². The number of amidine groups is 2. The molecule has 1 fully saturated rings. The average Bonchev–Trinajstić information content (AvgIpc) is 3.06. The van der Waals surface area contributed by atoms with Gasteiger partial charge in [-0.15, -0.1) is 0 Å². The largest absolute Gasteiger partial charge is 0.391 e. The number of carbonyl (C=O) groups is 1. The summed E-state index contributed by atoms with van der Waals surface area (Å²) in [4.78, 5) is 19.8. The van der Waals surface area contributed by atoms with Gasteiger partial charge >= 0.3 is 0 Å². The molecule has 4 rings (SSSR count). The summed E-state index contributed by atoms with van der Waals surface area (Å²) in [7, 11) is 0. The standard InChI is InChI=1S/C23H28F3N5O2/c1-13(15-7-4-8-16(19(15)24)20(25)26)27-22(33)17-10-18(30-9-5-6-14(32)11-30)29-31-12-23(2,3)28-21(17)31/h4,7-8,10,13-14,20,32H,5-6,9,11-12H2,1-3H3,(H,27,33)/t13-,14+/m1/s1. The number of β-amino-alcohol motifs (C(OH)–C–C–N with tert-alkyl or cyclic N) is 1. The van der Waals surface area contributed by atoms with Gasteiger partial charge in [0.25, 0.3) is 12.3 Å². The second kappa shape index (κ2) is 8.81. The first-order valence-electron chi connectivity index (χ1n) is 11.0. The van der Waals surface area contributed by atoms with Gasteiger partial charge in [-0.3, -0.25) is 9.79 Å². The zero-order chi connectivity index (χ0) is 23.9. The molecule has 2 atom stereocenters. The van der Waals surface area contributed by atoms with Crippen molar-refractivity contribution in [2.75, 3.05) is 19.6 Å². The molecule has 1 aromatic carbocycles. The Bertz CT molecular complexity index is 1040. The maximum atomic E-state index is 14.6. The number of nitrogens with zero attached hydrogens (tertiary/aromatic N) is 4. The molecule has 0 bridgehead atoms. The molecular formula is C23H28F3N5O2. The number of aliphatic hydroxyl groups is 1. The van der Waals surface area contributed by atoms with Crippen molar-refractivity contribution >= 4 is 17.6 Å². The highest BCUT2D eigenvalue weighted by Gasteiger charge is 2.39. The van der Waals surface area contributed by atoms with E-state index >= 15 is 0 Å². The van der Waals surface area contributed by atoms with E-state index < -0.39 is 41.4 Å². The molecule has 0 aromatic heterocycles. The van der Waals surface area contributed by atoms with Crippen molar-refractivity contribution in [2.24, 2.45) is 10.1 Å². The maximum absolute atomic E-state index is 14.6. The fourth-order valence-corrected chi connectivity index (χ4v) is 4.36. The number of rotatable bonds is 4. The van der Waals surface area contributed by atoms with Crippen molar-refractivity contribution < 1.29 is 23.1 Å². The Morgan fingerprint density at radius 2 is 2.03 bits per heavy atom. The summed E-state index contributed by atoms with van der Waals surface area (Å²) in [6.45, 7) is 7.00. The molecule has 0 radical (unpaired) electrons. The number of likely N-dealkylation sites (tertiary alicyclic amines) is 1. The van der Waals surface area contributed by atoms with Crippen LogP contribution in [0.4, 0.5) is 13.2 Å². The fraction of sp³-hybridized carbons (Fsp3) is 0.522. The predicted molar refractivity (Wildman–Crippen MR) is 118 cm³/mol. The first kappa shape index (κ1) is 23.3. The molecule has 0 aliphatic carbocycles. The topological polar surface area (TPSA) is 80.5 Å². The van der Waals surface area contributed by atoms with Crippen LogP contribution >= 0.6 is 0 Å². The average molecular weight is 464 g/mol. The number of carbonyl (C=O) groups excluding carboxylic acids is 1. The Balaban J connectivity index is 1.62. The van der Waals surface area contributed by atoms with Crippen LogP contribution in [0.2, 0.25) is 0 Å². The zero-order valence-electron chi connectivity index (χ0n) is 18.9. The van der Waals surface area contributed by atoms with Gasteiger partial charge in [0.1, 0.15) is 11.7 Å². The van der Waals surface area contributed by atoms with Crippen molar-refractivity contribution in [3.63, 3.8) is 0 Å². The molecular weight excluding hydrogens is 435 g/mol. The maximum Gasteiger partial charge on any atom is 0.266 e. The Hall–Kier alpha value is -2.88. The smallest absolute Gasteiger partial charge is 0.266 e. The lowest BCUT2D eigenvalue weighted by atomic mass is 10.0. The Kier molecular flexibility index (Phi) is 6.22. The Morgan fingerprint density at radius 1 is 1.30 bits per heavy atom. The van der Waals surface area contributed by atoms with E-state index in [1.54, 1.807) is 18.0 Å². The number of hydrogen-bond acceptors (Lipinski definition) is 6. The number of hydrogen-bond donors (Lipinski definition) is 2. The van der Waals surface area contributed by atoms with Crippen LogP contribution in [0.15, 0.2) is 39.9 Å². The lowest BCUT2D eigenvalue weighted by Gasteiger charge is -2.34. The molecule has 33 heavy (non-hydrogen) atoms. The zero-order valence-corrected chi connectivity index (χ0v) is 18.9. The van der Waals surface area contributed by atoms with Gasteiger partial charge < -0.3 is 15.3 Å². The molecule has 7 nitrogen and oxygen atoms in total. The Morgan fingerprint density at radius 3 is 2.73 bits per heavy atom. The Labute approximate surface area is 190 Å². The van der Waals surface area contributed by atoms with Crippen LogP contribution in [0.25, 0.3) is 0 Å². The van der Waals surface area contributed by atoms with Crippen molar-refractivity contribution in [1.29, 1.82) is 0 Å². The minimum Gasteiger partial charge on any atom is -0.391 e. The lowest BCUT2D eigenvalue weighted by Crippen LogP contribution is -2.46. The molecule has 3 heterocycles. The molecule has 178 valence electrons. The third kappa shape index (κ3) is 4.75. The van der Waals surface area contributed by atoms with E-state index in [9.17, 15) is 23.1 Å².